The van der Waals surface area contributed by atoms with Crippen molar-refractivity contribution in [3.63, 3.8) is 0 Å². The molecular formula is C25H24O4. The number of fused-ring (bicyclic) bond motifs is 6. The van der Waals surface area contributed by atoms with E-state index in [9.17, 15) is 9.90 Å². The lowest BCUT2D eigenvalue weighted by atomic mass is 9.87. The summed E-state index contributed by atoms with van der Waals surface area (Å²) in [6.07, 6.45) is 1.38. The predicted octanol–water partition coefficient (Wildman–Crippen LogP) is 6.35. The number of benzene rings is 3. The highest BCUT2D eigenvalue weighted by Gasteiger charge is 2.47. The average Bonchev–Trinajstić information content (AvgIpc) is 3.20. The van der Waals surface area contributed by atoms with Gasteiger partial charge in [-0.3, -0.25) is 0 Å². The molecule has 3 aromatic carbocycles. The first-order valence-electron chi connectivity index (χ1n) is 10.2. The fourth-order valence-electron chi connectivity index (χ4n) is 5.29. The second-order valence-electron chi connectivity index (χ2n) is 8.42. The number of phenolic OH excluding ortho intramolecular Hbond substituents is 1. The summed E-state index contributed by atoms with van der Waals surface area (Å²) in [7, 11) is 0. The maximum absolute atomic E-state index is 12.7. The quantitative estimate of drug-likeness (QED) is 0.410. The van der Waals surface area contributed by atoms with Crippen molar-refractivity contribution in [2.75, 3.05) is 0 Å². The molecule has 2 aliphatic carbocycles. The van der Waals surface area contributed by atoms with Crippen LogP contribution in [0.25, 0.3) is 10.8 Å². The Morgan fingerprint density at radius 1 is 0.966 bits per heavy atom. The number of para-hydroxylation sites is 1. The summed E-state index contributed by atoms with van der Waals surface area (Å²) < 4.78 is 11.4. The molecule has 2 bridgehead atoms. The first-order chi connectivity index (χ1) is 14.0. The molecule has 1 fully saturated rings. The Balaban J connectivity index is 1.63. The highest BCUT2D eigenvalue weighted by atomic mass is 16.7. The van der Waals surface area contributed by atoms with E-state index in [1.165, 1.54) is 0 Å². The summed E-state index contributed by atoms with van der Waals surface area (Å²) >= 11 is 0. The highest BCUT2D eigenvalue weighted by Crippen LogP contribution is 2.63. The van der Waals surface area contributed by atoms with Gasteiger partial charge in [0.05, 0.1) is 0 Å². The fourth-order valence-corrected chi connectivity index (χ4v) is 5.29. The molecule has 0 saturated heterocycles. The number of hydrogen-bond acceptors (Lipinski definition) is 4. The highest BCUT2D eigenvalue weighted by molar-refractivity contribution is 5.98. The molecular weight excluding hydrogens is 364 g/mol. The summed E-state index contributed by atoms with van der Waals surface area (Å²) in [6.45, 7) is 6.11. The summed E-state index contributed by atoms with van der Waals surface area (Å²) in [4.78, 5) is 12.7. The number of ether oxygens (including phenoxy) is 2. The zero-order valence-corrected chi connectivity index (χ0v) is 16.9. The lowest BCUT2D eigenvalue weighted by Gasteiger charge is -2.22. The van der Waals surface area contributed by atoms with Crippen LogP contribution >= 0.6 is 0 Å². The molecule has 0 amide bonds. The van der Waals surface area contributed by atoms with Crippen molar-refractivity contribution in [1.29, 1.82) is 0 Å². The first kappa shape index (κ1) is 18.0. The second kappa shape index (κ2) is 6.51. The predicted molar refractivity (Wildman–Crippen MR) is 112 cm³/mol. The molecule has 0 aromatic heterocycles. The summed E-state index contributed by atoms with van der Waals surface area (Å²) in [5.41, 5.74) is 3.87. The molecule has 5 rings (SSSR count). The summed E-state index contributed by atoms with van der Waals surface area (Å²) in [5, 5.41) is 12.6. The van der Waals surface area contributed by atoms with Crippen LogP contribution in [0.4, 0.5) is 4.79 Å². The summed E-state index contributed by atoms with van der Waals surface area (Å²) in [6, 6.07) is 13.2. The van der Waals surface area contributed by atoms with E-state index in [0.717, 1.165) is 45.9 Å². The number of hydrogen-bond donors (Lipinski definition) is 1. The minimum Gasteiger partial charge on any atom is -0.507 e. The molecule has 0 radical (unpaired) electrons. The Hall–Kier alpha value is -3.01. The van der Waals surface area contributed by atoms with Crippen LogP contribution in [-0.4, -0.2) is 11.3 Å². The van der Waals surface area contributed by atoms with Gasteiger partial charge in [-0.05, 0) is 62.1 Å². The van der Waals surface area contributed by atoms with Crippen LogP contribution in [-0.2, 0) is 0 Å². The second-order valence-corrected chi connectivity index (χ2v) is 8.42. The lowest BCUT2D eigenvalue weighted by molar-refractivity contribution is 0.151. The number of aromatic hydroxyl groups is 1. The SMILES string of the molecule is Cc1ccc2c(O)c3c(c(OC(=O)Oc4ccccc4C)c2c1)C1CCC3C1C. The van der Waals surface area contributed by atoms with Crippen molar-refractivity contribution in [3.05, 3.63) is 64.7 Å². The Bertz CT molecular complexity index is 1150. The van der Waals surface area contributed by atoms with Gasteiger partial charge in [-0.25, -0.2) is 4.79 Å². The molecule has 2 aliphatic rings. The van der Waals surface area contributed by atoms with E-state index < -0.39 is 6.16 Å². The van der Waals surface area contributed by atoms with Crippen LogP contribution in [0.3, 0.4) is 0 Å². The zero-order valence-electron chi connectivity index (χ0n) is 16.9. The minimum absolute atomic E-state index is 0.298. The molecule has 148 valence electrons. The van der Waals surface area contributed by atoms with Crippen LogP contribution in [0, 0.1) is 19.8 Å². The number of aryl methyl sites for hydroxylation is 2. The molecule has 1 saturated carbocycles. The Labute approximate surface area is 170 Å². The van der Waals surface area contributed by atoms with Gasteiger partial charge < -0.3 is 14.6 Å². The molecule has 3 aromatic rings. The van der Waals surface area contributed by atoms with Gasteiger partial charge in [-0.2, -0.15) is 0 Å². The maximum Gasteiger partial charge on any atom is 0.519 e. The molecule has 4 nitrogen and oxygen atoms in total. The normalized spacial score (nSPS) is 22.0. The molecule has 0 aliphatic heterocycles. The number of carbonyl (C=O) groups excluding carboxylic acids is 1. The van der Waals surface area contributed by atoms with Crippen LogP contribution in [0.5, 0.6) is 17.2 Å². The third-order valence-corrected chi connectivity index (χ3v) is 6.74. The van der Waals surface area contributed by atoms with E-state index in [-0.39, 0.29) is 0 Å². The van der Waals surface area contributed by atoms with Crippen molar-refractivity contribution >= 4 is 16.9 Å². The van der Waals surface area contributed by atoms with Crippen LogP contribution in [0.1, 0.15) is 53.9 Å². The van der Waals surface area contributed by atoms with Gasteiger partial charge in [-0.15, -0.1) is 0 Å². The molecule has 0 heterocycles. The average molecular weight is 388 g/mol. The fraction of sp³-hybridized carbons (Fsp3) is 0.320. The van der Waals surface area contributed by atoms with Gasteiger partial charge in [0.1, 0.15) is 17.2 Å². The molecule has 1 N–H and O–H groups in total. The van der Waals surface area contributed by atoms with E-state index in [0.29, 0.717) is 35.0 Å². The number of rotatable bonds is 2. The first-order valence-corrected chi connectivity index (χ1v) is 10.2. The van der Waals surface area contributed by atoms with Crippen molar-refractivity contribution < 1.29 is 19.4 Å². The van der Waals surface area contributed by atoms with Crippen molar-refractivity contribution in [1.82, 2.24) is 0 Å². The zero-order chi connectivity index (χ0) is 20.3. The molecule has 29 heavy (non-hydrogen) atoms. The smallest absolute Gasteiger partial charge is 0.507 e. The third-order valence-electron chi connectivity index (χ3n) is 6.74. The van der Waals surface area contributed by atoms with Crippen molar-refractivity contribution in [3.8, 4) is 17.2 Å². The molecule has 3 atom stereocenters. The van der Waals surface area contributed by atoms with E-state index in [1.54, 1.807) is 6.07 Å². The van der Waals surface area contributed by atoms with E-state index in [2.05, 4.69) is 6.92 Å². The van der Waals surface area contributed by atoms with Crippen molar-refractivity contribution in [2.45, 2.75) is 45.4 Å². The van der Waals surface area contributed by atoms with Gasteiger partial charge in [-0.1, -0.05) is 42.8 Å². The summed E-state index contributed by atoms with van der Waals surface area (Å²) in [5.74, 6) is 2.43. The van der Waals surface area contributed by atoms with E-state index >= 15 is 0 Å². The molecule has 4 heteroatoms. The molecule has 0 spiro atoms. The van der Waals surface area contributed by atoms with E-state index in [1.807, 2.05) is 50.2 Å². The Morgan fingerprint density at radius 3 is 2.45 bits per heavy atom. The van der Waals surface area contributed by atoms with Gasteiger partial charge in [0.2, 0.25) is 0 Å². The van der Waals surface area contributed by atoms with E-state index in [4.69, 9.17) is 9.47 Å². The topological polar surface area (TPSA) is 55.8 Å². The van der Waals surface area contributed by atoms with Gasteiger partial charge in [0, 0.05) is 21.9 Å². The monoisotopic (exact) mass is 388 g/mol. The van der Waals surface area contributed by atoms with Gasteiger partial charge in [0.15, 0.2) is 0 Å². The Morgan fingerprint density at radius 2 is 1.69 bits per heavy atom. The molecule has 3 unspecified atom stereocenters. The number of phenols is 1. The minimum atomic E-state index is -0.745. The van der Waals surface area contributed by atoms with Gasteiger partial charge >= 0.3 is 6.16 Å². The number of carbonyl (C=O) groups is 1. The Kier molecular flexibility index (Phi) is 4.05. The van der Waals surface area contributed by atoms with Gasteiger partial charge in [0.25, 0.3) is 0 Å². The third kappa shape index (κ3) is 2.70. The largest absolute Gasteiger partial charge is 0.519 e. The standard InChI is InChI=1S/C25H24O4/c1-13-8-9-18-19(12-13)24(29-25(27)28-20-7-5-4-6-14(20)2)22-17-11-10-16(15(17)3)21(22)23(18)26/h4-9,12,15-17,26H,10-11H2,1-3H3. The van der Waals surface area contributed by atoms with Crippen LogP contribution < -0.4 is 9.47 Å². The van der Waals surface area contributed by atoms with Crippen molar-refractivity contribution in [2.24, 2.45) is 5.92 Å². The lowest BCUT2D eigenvalue weighted by Crippen LogP contribution is -2.16. The van der Waals surface area contributed by atoms with Crippen LogP contribution in [0.2, 0.25) is 0 Å². The maximum atomic E-state index is 12.7. The van der Waals surface area contributed by atoms with Crippen LogP contribution in [0.15, 0.2) is 42.5 Å².